The van der Waals surface area contributed by atoms with Gasteiger partial charge in [-0.15, -0.1) is 0 Å². The van der Waals surface area contributed by atoms with E-state index in [1.165, 1.54) is 86.8 Å². The summed E-state index contributed by atoms with van der Waals surface area (Å²) in [6.07, 6.45) is 7.62. The topological polar surface area (TPSA) is 40.1 Å². The van der Waals surface area contributed by atoms with E-state index in [9.17, 15) is 0 Å². The van der Waals surface area contributed by atoms with Crippen molar-refractivity contribution in [2.45, 2.75) is 33.7 Å². The molecule has 0 aromatic heterocycles. The van der Waals surface area contributed by atoms with Crippen LogP contribution in [0.4, 0.5) is 0 Å². The van der Waals surface area contributed by atoms with E-state index in [2.05, 4.69) is 203 Å². The molecule has 0 radical (unpaired) electrons. The Morgan fingerprint density at radius 2 is 0.820 bits per heavy atom. The first-order valence-electron chi connectivity index (χ1n) is 20.4. The van der Waals surface area contributed by atoms with Crippen molar-refractivity contribution >= 4 is 88.6 Å². The molecule has 0 amide bonds. The van der Waals surface area contributed by atoms with Crippen LogP contribution in [-0.4, -0.2) is 12.6 Å². The molecule has 1 aliphatic rings. The first kappa shape index (κ1) is 44.6. The van der Waals surface area contributed by atoms with Crippen LogP contribution >= 0.6 is 35.2 Å². The van der Waals surface area contributed by atoms with E-state index in [4.69, 9.17) is 25.1 Å². The molecule has 8 aromatic carbocycles. The van der Waals surface area contributed by atoms with Crippen molar-refractivity contribution in [3.05, 3.63) is 222 Å². The number of aryl methyl sites for hydroxylation is 4. The molecule has 0 saturated carbocycles. The summed E-state index contributed by atoms with van der Waals surface area (Å²) in [5, 5.41) is 17.8. The summed E-state index contributed by atoms with van der Waals surface area (Å²) in [4.78, 5) is 0. The molecule has 8 aromatic rings. The molecule has 1 atom stereocenters. The van der Waals surface area contributed by atoms with Gasteiger partial charge in [0.1, 0.15) is 31.8 Å². The van der Waals surface area contributed by atoms with Gasteiger partial charge < -0.3 is 11.1 Å². The Morgan fingerprint density at radius 1 is 0.475 bits per heavy atom. The van der Waals surface area contributed by atoms with Gasteiger partial charge in [0.15, 0.2) is 0 Å². The maximum atomic E-state index is 5.32. The van der Waals surface area contributed by atoms with E-state index in [-0.39, 0.29) is 21.2 Å². The summed E-state index contributed by atoms with van der Waals surface area (Å²) in [5.41, 5.74) is 13.2. The van der Waals surface area contributed by atoms with Crippen molar-refractivity contribution in [2.24, 2.45) is 5.73 Å². The van der Waals surface area contributed by atoms with Gasteiger partial charge in [-0.05, 0) is 116 Å². The van der Waals surface area contributed by atoms with Crippen molar-refractivity contribution in [3.8, 4) is 11.1 Å². The monoisotopic (exact) mass is 961 g/mol. The molecule has 1 aliphatic heterocycles. The molecule has 2 nitrogen and oxygen atoms in total. The maximum absolute atomic E-state index is 5.32. The van der Waals surface area contributed by atoms with E-state index in [0.717, 1.165) is 0 Å². The molecular weight excluding hydrogens is 911 g/mol. The van der Waals surface area contributed by atoms with Crippen molar-refractivity contribution in [1.29, 1.82) is 0 Å². The zero-order chi connectivity index (χ0) is 42.7. The fraction of sp³-hybridized carbons (Fsp3) is 0.111. The first-order chi connectivity index (χ1) is 29.8. The molecule has 7 heteroatoms. The third-order valence-electron chi connectivity index (χ3n) is 11.1. The third kappa shape index (κ3) is 10.8. The molecule has 0 aliphatic carbocycles. The molecule has 2 N–H and O–H groups in total. The molecule has 0 bridgehead atoms. The van der Waals surface area contributed by atoms with Gasteiger partial charge in [-0.3, -0.25) is 0 Å². The van der Waals surface area contributed by atoms with Gasteiger partial charge in [-0.25, -0.2) is 0 Å². The van der Waals surface area contributed by atoms with Crippen molar-refractivity contribution < 1.29 is 15.1 Å². The number of halogens is 2. The average Bonchev–Trinajstić information content (AvgIpc) is 3.30. The van der Waals surface area contributed by atoms with Crippen molar-refractivity contribution in [2.75, 3.05) is 6.54 Å². The standard InChI is InChI=1S/C48H40P2.C6H9N2.2ClH.Ru/c1-33-13-23-39(24-14-33)49(40-25-15-34(2)16-26-40)45-31-21-37-9-5-7-11-43(37)47(45)48-44-12-8-6-10-38(44)22-32-46(48)50(41-27-17-35(3)18-28-41)42-29-19-36(4)20-30-42;7-5-6-3-1-2-4-8-6;;;/h5-32H,1-4H3;1-4,6H,5,7H2;2*1H;/q;-1;;;+4. The third-order valence-corrected chi connectivity index (χ3v) is 16.6. The van der Waals surface area contributed by atoms with Gasteiger partial charge >= 0.3 is 34.5 Å². The molecule has 0 saturated heterocycles. The molecule has 0 fully saturated rings. The normalized spacial score (nSPS) is 13.1. The number of nitrogens with two attached hydrogens (primary N) is 1. The Hall–Kier alpha value is -4.42. The predicted octanol–water partition coefficient (Wildman–Crippen LogP) is 12.0. The number of hydrogen-bond acceptors (Lipinski definition) is 1. The molecule has 306 valence electrons. The zero-order valence-corrected chi connectivity index (χ0v) is 40.1. The van der Waals surface area contributed by atoms with Gasteiger partial charge in [0.2, 0.25) is 0 Å². The number of fused-ring (bicyclic) bond motifs is 2. The van der Waals surface area contributed by atoms with Gasteiger partial charge in [0, 0.05) is 11.1 Å². The molecule has 1 heterocycles. The van der Waals surface area contributed by atoms with Crippen LogP contribution in [-0.2, 0) is 15.1 Å². The second kappa shape index (κ2) is 21.6. The summed E-state index contributed by atoms with van der Waals surface area (Å²) >= 11 is -0.346. The summed E-state index contributed by atoms with van der Waals surface area (Å²) < 4.78 is 0. The summed E-state index contributed by atoms with van der Waals surface area (Å²) in [6.45, 7) is 9.36. The van der Waals surface area contributed by atoms with Crippen molar-refractivity contribution in [3.63, 3.8) is 0 Å². The van der Waals surface area contributed by atoms with Crippen LogP contribution in [0, 0.1) is 27.7 Å². The van der Waals surface area contributed by atoms with Crippen molar-refractivity contribution in [1.82, 2.24) is 0 Å². The Morgan fingerprint density at radius 3 is 1.11 bits per heavy atom. The van der Waals surface area contributed by atoms with Crippen LogP contribution in [0.3, 0.4) is 0 Å². The van der Waals surface area contributed by atoms with Gasteiger partial charge in [-0.2, -0.15) is 6.20 Å². The second-order valence-corrected chi connectivity index (χ2v) is 22.9. The number of rotatable bonds is 8. The Kier molecular flexibility index (Phi) is 15.8. The van der Waals surface area contributed by atoms with Crippen LogP contribution < -0.4 is 37.6 Å². The Balaban J connectivity index is 0.000000450. The Bertz CT molecular complexity index is 2480. The van der Waals surface area contributed by atoms with E-state index < -0.39 is 15.8 Å². The fourth-order valence-electron chi connectivity index (χ4n) is 7.93. The number of benzene rings is 8. The van der Waals surface area contributed by atoms with Crippen LogP contribution in [0.15, 0.2) is 194 Å². The van der Waals surface area contributed by atoms with E-state index in [0.29, 0.717) is 6.54 Å². The minimum atomic E-state index is -1.42. The average molecular weight is 962 g/mol. The van der Waals surface area contributed by atoms with E-state index in [1.807, 2.05) is 18.2 Å². The van der Waals surface area contributed by atoms with Crippen LogP contribution in [0.25, 0.3) is 38.0 Å². The SMILES string of the molecule is Cc1ccc([PH+](c2ccc(C)cc2)c2ccc3ccccc3c2-c2c([PH+](c3ccc(C)cc3)c3ccc(C)cc3)ccc3ccccc23)cc1.NCC1C=CC=C[N-]1.[Cl][Ru+2][Cl]. The molecule has 9 rings (SSSR count). The zero-order valence-electron chi connectivity index (χ0n) is 34.9. The number of hydrogen-bond donors (Lipinski definition) is 1. The Labute approximate surface area is 380 Å². The summed E-state index contributed by atoms with van der Waals surface area (Å²) in [7, 11) is 6.88. The van der Waals surface area contributed by atoms with Crippen LogP contribution in [0.2, 0.25) is 0 Å². The number of nitrogens with zero attached hydrogens (tertiary/aromatic N) is 1. The quantitative estimate of drug-likeness (QED) is 0.120. The first-order valence-corrected chi connectivity index (χ1v) is 27.9. The summed E-state index contributed by atoms with van der Waals surface area (Å²) in [6, 6.07) is 65.2. The minimum absolute atomic E-state index is 0.222. The van der Waals surface area contributed by atoms with Gasteiger partial charge in [0.25, 0.3) is 0 Å². The van der Waals surface area contributed by atoms with Gasteiger partial charge in [-0.1, -0.05) is 156 Å². The van der Waals surface area contributed by atoms with E-state index in [1.54, 1.807) is 6.20 Å². The number of allylic oxidation sites excluding steroid dienone is 2. The molecule has 0 spiro atoms. The fourth-order valence-corrected chi connectivity index (χ4v) is 13.4. The summed E-state index contributed by atoms with van der Waals surface area (Å²) in [5.74, 6) is 0. The van der Waals surface area contributed by atoms with Gasteiger partial charge in [0.05, 0.1) is 15.8 Å². The van der Waals surface area contributed by atoms with Crippen LogP contribution in [0.5, 0.6) is 0 Å². The van der Waals surface area contributed by atoms with Crippen LogP contribution in [0.1, 0.15) is 22.3 Å². The molecule has 1 unspecified atom stereocenters. The van der Waals surface area contributed by atoms with E-state index >= 15 is 0 Å². The molecule has 61 heavy (non-hydrogen) atoms. The second-order valence-electron chi connectivity index (χ2n) is 15.4. The predicted molar refractivity (Wildman–Crippen MR) is 272 cm³/mol. The molecular formula is C54H51Cl2N2P2Ru+3.